The van der Waals surface area contributed by atoms with Gasteiger partial charge in [0, 0.05) is 50.1 Å². The van der Waals surface area contributed by atoms with E-state index in [0.717, 1.165) is 18.2 Å². The zero-order valence-corrected chi connectivity index (χ0v) is 53.9. The van der Waals surface area contributed by atoms with Crippen LogP contribution in [0.2, 0.25) is 0 Å². The maximum Gasteiger partial charge on any atom is 0.407 e. The molecule has 22 atom stereocenters. The Morgan fingerprint density at radius 2 is 0.730 bits per heavy atom. The quantitative estimate of drug-likeness (QED) is 0.0278. The van der Waals surface area contributed by atoms with Gasteiger partial charge in [0.15, 0.2) is 25.2 Å². The summed E-state index contributed by atoms with van der Waals surface area (Å²) in [7, 11) is 0. The standard InChI is InChI=1S/C60H91N7O33/c68-23-34-40(74)44(78)48(82)56(97-34)92-16-10-61-38(72)8-6-32(54(88)63-12-18-94-58-50(84)46(80)42(76)36(25-70)99-58)66-52(86)29-20-30(22-31(21-29)91-15-14-65-60(90)96-27-28-4-2-1-3-5-28)53(87)67-33(55(89)64-13-19-95-59-51(85)47(81)43(77)37(26-71)100-59)7-9-39(73)62-11-17-93-57-49(83)45(79)41(75)35(24-69)98-57/h1-5,20-22,32-37,40-51,56-59,68-71,74-85H,6-19,23-27H2,(H,61,72)(H,62,73)(H,63,88)(H,64,89)(H,65,90)(H,66,86)(H,67,87)/t32?,33?,34?,35?,36?,37?,40-,41-,42-,43-,44+,45+,46+,47+,48?,49?,50?,51?,56-,57-,58-,59-/m1/s1. The molecule has 40 heteroatoms. The number of hydrogen-bond donors (Lipinski definition) is 23. The van der Waals surface area contributed by atoms with E-state index in [4.69, 9.17) is 47.4 Å². The van der Waals surface area contributed by atoms with Gasteiger partial charge in [-0.15, -0.1) is 0 Å². The Morgan fingerprint density at radius 3 is 1.07 bits per heavy atom. The maximum atomic E-state index is 14.5. The molecule has 0 spiro atoms. The molecule has 4 heterocycles. The van der Waals surface area contributed by atoms with Crippen LogP contribution in [0.3, 0.4) is 0 Å². The van der Waals surface area contributed by atoms with Gasteiger partial charge >= 0.3 is 6.09 Å². The van der Waals surface area contributed by atoms with Crippen LogP contribution < -0.4 is 42.0 Å². The van der Waals surface area contributed by atoms with Gasteiger partial charge in [-0.2, -0.15) is 0 Å². The first-order chi connectivity index (χ1) is 47.8. The molecule has 40 nitrogen and oxygen atoms in total. The number of ether oxygens (including phenoxy) is 10. The minimum absolute atomic E-state index is 0.0879. The number of hydrogen-bond acceptors (Lipinski definition) is 33. The Morgan fingerprint density at radius 1 is 0.400 bits per heavy atom. The zero-order chi connectivity index (χ0) is 73.2. The summed E-state index contributed by atoms with van der Waals surface area (Å²) in [5.41, 5.74) is -0.139. The smallest absolute Gasteiger partial charge is 0.407 e. The predicted octanol–water partition coefficient (Wildman–Crippen LogP) is -11.5. The minimum Gasteiger partial charge on any atom is -0.492 e. The monoisotopic (exact) mass is 1440 g/mol. The summed E-state index contributed by atoms with van der Waals surface area (Å²) in [6.07, 6.45) is -35.3. The number of carbonyl (C=O) groups excluding carboxylic acids is 7. The number of aliphatic hydroxyl groups is 16. The molecular formula is C60H91N7O33. The number of benzene rings is 2. The van der Waals surface area contributed by atoms with Crippen molar-refractivity contribution in [3.63, 3.8) is 0 Å². The van der Waals surface area contributed by atoms with Gasteiger partial charge in [0.1, 0.15) is 129 Å². The zero-order valence-electron chi connectivity index (χ0n) is 53.9. The van der Waals surface area contributed by atoms with Crippen molar-refractivity contribution in [1.82, 2.24) is 37.2 Å². The van der Waals surface area contributed by atoms with Crippen LogP contribution in [-0.4, -0.2) is 350 Å². The van der Waals surface area contributed by atoms with E-state index in [1.54, 1.807) is 30.3 Å². The molecule has 0 bridgehead atoms. The fraction of sp³-hybridized carbons (Fsp3) is 0.683. The average Bonchev–Trinajstić information content (AvgIpc) is 0.856. The maximum absolute atomic E-state index is 14.5. The highest BCUT2D eigenvalue weighted by Gasteiger charge is 2.47. The van der Waals surface area contributed by atoms with E-state index in [1.807, 2.05) is 0 Å². The van der Waals surface area contributed by atoms with Crippen LogP contribution in [0.25, 0.3) is 0 Å². The third-order valence-electron chi connectivity index (χ3n) is 16.0. The van der Waals surface area contributed by atoms with Crippen LogP contribution in [0, 0.1) is 0 Å². The molecule has 4 aliphatic heterocycles. The molecule has 4 aliphatic rings. The van der Waals surface area contributed by atoms with Crippen molar-refractivity contribution in [2.45, 2.75) is 167 Å². The summed E-state index contributed by atoms with van der Waals surface area (Å²) in [5.74, 6) is -5.83. The van der Waals surface area contributed by atoms with Crippen molar-refractivity contribution in [2.75, 3.05) is 92.2 Å². The number of alkyl carbamates (subject to hydrolysis) is 1. The lowest BCUT2D eigenvalue weighted by Crippen LogP contribution is -2.59. The van der Waals surface area contributed by atoms with E-state index in [2.05, 4.69) is 37.2 Å². The Kier molecular flexibility index (Phi) is 34.1. The fourth-order valence-electron chi connectivity index (χ4n) is 10.3. The molecule has 100 heavy (non-hydrogen) atoms. The second-order valence-corrected chi connectivity index (χ2v) is 23.3. The van der Waals surface area contributed by atoms with E-state index < -0.39 is 266 Å². The molecule has 10 unspecified atom stereocenters. The van der Waals surface area contributed by atoms with Gasteiger partial charge < -0.3 is 166 Å². The summed E-state index contributed by atoms with van der Waals surface area (Å²) in [4.78, 5) is 96.2. The van der Waals surface area contributed by atoms with E-state index >= 15 is 0 Å². The van der Waals surface area contributed by atoms with Crippen molar-refractivity contribution >= 4 is 41.5 Å². The molecule has 2 aromatic carbocycles. The molecule has 4 saturated heterocycles. The van der Waals surface area contributed by atoms with E-state index in [-0.39, 0.29) is 51.8 Å². The first-order valence-corrected chi connectivity index (χ1v) is 31.9. The van der Waals surface area contributed by atoms with Gasteiger partial charge in [-0.25, -0.2) is 4.79 Å². The number of rotatable bonds is 38. The van der Waals surface area contributed by atoms with E-state index in [0.29, 0.717) is 5.56 Å². The molecule has 6 rings (SSSR count). The van der Waals surface area contributed by atoms with Gasteiger partial charge in [0.05, 0.1) is 59.4 Å². The number of carbonyl (C=O) groups is 7. The lowest BCUT2D eigenvalue weighted by molar-refractivity contribution is -0.300. The lowest BCUT2D eigenvalue weighted by atomic mass is 9.99. The molecule has 7 amide bonds. The minimum atomic E-state index is -1.81. The highest BCUT2D eigenvalue weighted by molar-refractivity contribution is 6.03. The summed E-state index contributed by atoms with van der Waals surface area (Å²) in [6, 6.07) is 8.67. The Bertz CT molecular complexity index is 2720. The molecule has 4 fully saturated rings. The molecule has 0 aliphatic carbocycles. The SMILES string of the molecule is O=C(CCC(NC(=O)c1cc(OCCNC(=O)OCc2ccccc2)cc(C(=O)NC(CCC(=O)NCCO[C@@H]2OC(CO)[C@@H](O)[C@H](O)C2O)C(=O)NCCO[C@@H]2OC(CO)[C@@H](O)[C@H](O)C2O)c1)C(=O)NCCO[C@@H]1OC(CO)[C@@H](O)[C@H](O)C1O)NCCO[C@@H]1OC(CO)[C@@H](O)[C@H](O)C1O. The Labute approximate surface area is 570 Å². The highest BCUT2D eigenvalue weighted by atomic mass is 16.7. The van der Waals surface area contributed by atoms with Gasteiger partial charge in [0.2, 0.25) is 23.6 Å². The second-order valence-electron chi connectivity index (χ2n) is 23.3. The fourth-order valence-corrected chi connectivity index (χ4v) is 10.3. The van der Waals surface area contributed by atoms with Crippen LogP contribution >= 0.6 is 0 Å². The Hall–Kier alpha value is -6.63. The number of aliphatic hydroxyl groups excluding tert-OH is 16. The Balaban J connectivity index is 1.20. The van der Waals surface area contributed by atoms with Gasteiger partial charge in [-0.05, 0) is 36.6 Å². The summed E-state index contributed by atoms with van der Waals surface area (Å²) >= 11 is 0. The molecule has 564 valence electrons. The van der Waals surface area contributed by atoms with Gasteiger partial charge in [-0.3, -0.25) is 28.8 Å². The molecule has 0 saturated carbocycles. The average molecular weight is 1440 g/mol. The lowest BCUT2D eigenvalue weighted by Gasteiger charge is -2.39. The highest BCUT2D eigenvalue weighted by Crippen LogP contribution is 2.26. The molecular weight excluding hydrogens is 1350 g/mol. The van der Waals surface area contributed by atoms with Crippen molar-refractivity contribution < 1.29 is 163 Å². The molecule has 0 aromatic heterocycles. The summed E-state index contributed by atoms with van der Waals surface area (Å²) in [6.45, 7) is -6.63. The summed E-state index contributed by atoms with van der Waals surface area (Å²) < 4.78 is 54.2. The topological polar surface area (TPSA) is 620 Å². The number of amides is 7. The van der Waals surface area contributed by atoms with Crippen molar-refractivity contribution in [1.29, 1.82) is 0 Å². The van der Waals surface area contributed by atoms with Crippen LogP contribution in [0.1, 0.15) is 52.0 Å². The predicted molar refractivity (Wildman–Crippen MR) is 328 cm³/mol. The second kappa shape index (κ2) is 41.5. The van der Waals surface area contributed by atoms with Crippen LogP contribution in [0.4, 0.5) is 4.79 Å². The van der Waals surface area contributed by atoms with Crippen LogP contribution in [0.5, 0.6) is 5.75 Å². The van der Waals surface area contributed by atoms with Crippen LogP contribution in [0.15, 0.2) is 48.5 Å². The largest absolute Gasteiger partial charge is 0.492 e. The third-order valence-corrected chi connectivity index (χ3v) is 16.0. The van der Waals surface area contributed by atoms with Crippen molar-refractivity contribution in [3.8, 4) is 5.75 Å². The first kappa shape index (κ1) is 82.3. The molecule has 0 radical (unpaired) electrons. The van der Waals surface area contributed by atoms with E-state index in [9.17, 15) is 115 Å². The molecule has 23 N–H and O–H groups in total. The van der Waals surface area contributed by atoms with E-state index in [1.165, 1.54) is 0 Å². The summed E-state index contributed by atoms with van der Waals surface area (Å²) in [5, 5.41) is 179. The van der Waals surface area contributed by atoms with Gasteiger partial charge in [-0.1, -0.05) is 30.3 Å². The number of nitrogens with one attached hydrogen (secondary N) is 7. The molecule has 2 aromatic rings. The first-order valence-electron chi connectivity index (χ1n) is 31.9. The normalized spacial score (nSPS) is 30.4. The third kappa shape index (κ3) is 24.3. The van der Waals surface area contributed by atoms with Gasteiger partial charge in [0.25, 0.3) is 11.8 Å². The van der Waals surface area contributed by atoms with Crippen LogP contribution in [-0.2, 0) is 68.4 Å². The van der Waals surface area contributed by atoms with Crippen molar-refractivity contribution in [2.24, 2.45) is 0 Å². The van der Waals surface area contributed by atoms with Crippen molar-refractivity contribution in [3.05, 3.63) is 65.2 Å².